The van der Waals surface area contributed by atoms with Gasteiger partial charge in [-0.2, -0.15) is 0 Å². The molecule has 0 saturated heterocycles. The van der Waals surface area contributed by atoms with Gasteiger partial charge in [0, 0.05) is 24.9 Å². The van der Waals surface area contributed by atoms with E-state index < -0.39 is 14.8 Å². The number of hydrogen-bond donors (Lipinski definition) is 1. The predicted molar refractivity (Wildman–Crippen MR) is 102 cm³/mol. The summed E-state index contributed by atoms with van der Waals surface area (Å²) in [6.45, 7) is 2.47. The fourth-order valence-corrected chi connectivity index (χ4v) is 3.55. The van der Waals surface area contributed by atoms with Gasteiger partial charge < -0.3 is 10.2 Å². The maximum absolute atomic E-state index is 12.0. The molecule has 7 nitrogen and oxygen atoms in total. The number of nitro groups is 1. The Morgan fingerprint density at radius 1 is 1.15 bits per heavy atom. The largest absolute Gasteiger partial charge is 0.382 e. The molecule has 1 atom stereocenters. The van der Waals surface area contributed by atoms with Crippen LogP contribution in [-0.2, 0) is 9.84 Å². The smallest absolute Gasteiger partial charge is 0.270 e. The van der Waals surface area contributed by atoms with Gasteiger partial charge in [-0.15, -0.1) is 0 Å². The molecule has 8 heteroatoms. The summed E-state index contributed by atoms with van der Waals surface area (Å²) >= 11 is 0. The van der Waals surface area contributed by atoms with Crippen molar-refractivity contribution in [1.29, 1.82) is 0 Å². The molecule has 0 radical (unpaired) electrons. The van der Waals surface area contributed by atoms with Crippen molar-refractivity contribution >= 4 is 21.2 Å². The highest BCUT2D eigenvalue weighted by Gasteiger charge is 2.20. The lowest BCUT2D eigenvalue weighted by molar-refractivity contribution is -0.385. The van der Waals surface area contributed by atoms with Crippen LogP contribution in [0.1, 0.15) is 17.2 Å². The molecular formula is C18H23N3O4S. The van der Waals surface area contributed by atoms with E-state index >= 15 is 0 Å². The molecule has 2 aromatic carbocycles. The third kappa shape index (κ3) is 4.80. The minimum atomic E-state index is -3.61. The molecule has 0 heterocycles. The fraction of sp³-hybridized carbons (Fsp3) is 0.333. The van der Waals surface area contributed by atoms with E-state index in [-0.39, 0.29) is 16.6 Å². The van der Waals surface area contributed by atoms with E-state index in [1.807, 2.05) is 50.2 Å². The summed E-state index contributed by atoms with van der Waals surface area (Å²) in [5.74, 6) is 0. The zero-order valence-electron chi connectivity index (χ0n) is 15.3. The van der Waals surface area contributed by atoms with E-state index in [1.165, 1.54) is 12.1 Å². The van der Waals surface area contributed by atoms with Crippen molar-refractivity contribution in [3.8, 4) is 0 Å². The first-order valence-corrected chi connectivity index (χ1v) is 9.94. The average Bonchev–Trinajstić information content (AvgIpc) is 2.55. The Balaban J connectivity index is 2.31. The third-order valence-electron chi connectivity index (χ3n) is 4.15. The van der Waals surface area contributed by atoms with Crippen molar-refractivity contribution < 1.29 is 13.3 Å². The third-order valence-corrected chi connectivity index (χ3v) is 5.28. The fourth-order valence-electron chi connectivity index (χ4n) is 2.67. The Bertz CT molecular complexity index is 893. The Kier molecular flexibility index (Phi) is 5.99. The van der Waals surface area contributed by atoms with Gasteiger partial charge in [0.25, 0.3) is 5.69 Å². The van der Waals surface area contributed by atoms with Gasteiger partial charge in [-0.3, -0.25) is 10.1 Å². The van der Waals surface area contributed by atoms with Crippen molar-refractivity contribution in [2.45, 2.75) is 17.9 Å². The number of anilines is 1. The standard InChI is InChI=1S/C18H23N3O4S/c1-13-5-7-14(8-6-13)17(20(2)3)12-19-16-10-9-15(21(22)23)11-18(16)26(4,24)25/h5-11,17,19H,12H2,1-4H3. The number of non-ortho nitro benzene ring substituents is 1. The van der Waals surface area contributed by atoms with Crippen LogP contribution in [0.4, 0.5) is 11.4 Å². The second-order valence-electron chi connectivity index (χ2n) is 6.48. The van der Waals surface area contributed by atoms with E-state index in [4.69, 9.17) is 0 Å². The second kappa shape index (κ2) is 7.84. The topological polar surface area (TPSA) is 92.5 Å². The molecule has 0 aliphatic heterocycles. The molecule has 0 saturated carbocycles. The van der Waals surface area contributed by atoms with Crippen LogP contribution in [0.5, 0.6) is 0 Å². The summed E-state index contributed by atoms with van der Waals surface area (Å²) in [5, 5.41) is 14.1. The number of aryl methyl sites for hydroxylation is 1. The highest BCUT2D eigenvalue weighted by molar-refractivity contribution is 7.90. The quantitative estimate of drug-likeness (QED) is 0.589. The number of likely N-dealkylation sites (N-methyl/N-ethyl adjacent to an activating group) is 1. The maximum atomic E-state index is 12.0. The number of sulfone groups is 1. The first-order chi connectivity index (χ1) is 12.1. The predicted octanol–water partition coefficient (Wildman–Crippen LogP) is 3.02. The van der Waals surface area contributed by atoms with Crippen molar-refractivity contribution in [1.82, 2.24) is 4.90 Å². The molecule has 26 heavy (non-hydrogen) atoms. The van der Waals surface area contributed by atoms with E-state index in [0.29, 0.717) is 12.2 Å². The van der Waals surface area contributed by atoms with Crippen LogP contribution in [0.2, 0.25) is 0 Å². The molecule has 0 aliphatic rings. The van der Waals surface area contributed by atoms with Crippen molar-refractivity contribution in [2.24, 2.45) is 0 Å². The summed E-state index contributed by atoms with van der Waals surface area (Å²) < 4.78 is 24.1. The van der Waals surface area contributed by atoms with Crippen molar-refractivity contribution in [3.63, 3.8) is 0 Å². The van der Waals surface area contributed by atoms with E-state index in [0.717, 1.165) is 23.4 Å². The van der Waals surface area contributed by atoms with Gasteiger partial charge in [0.05, 0.1) is 21.5 Å². The number of benzene rings is 2. The van der Waals surface area contributed by atoms with Gasteiger partial charge >= 0.3 is 0 Å². The lowest BCUT2D eigenvalue weighted by Gasteiger charge is -2.26. The lowest BCUT2D eigenvalue weighted by atomic mass is 10.0. The Labute approximate surface area is 153 Å². The molecule has 1 N–H and O–H groups in total. The summed E-state index contributed by atoms with van der Waals surface area (Å²) in [7, 11) is 0.279. The summed E-state index contributed by atoms with van der Waals surface area (Å²) in [5.41, 5.74) is 2.36. The van der Waals surface area contributed by atoms with E-state index in [2.05, 4.69) is 5.32 Å². The summed E-state index contributed by atoms with van der Waals surface area (Å²) in [6, 6.07) is 12.0. The van der Waals surface area contributed by atoms with Gasteiger partial charge in [-0.1, -0.05) is 29.8 Å². The van der Waals surface area contributed by atoms with E-state index in [9.17, 15) is 18.5 Å². The highest BCUT2D eigenvalue weighted by atomic mass is 32.2. The molecule has 140 valence electrons. The molecule has 0 aromatic heterocycles. The molecule has 0 amide bonds. The molecule has 1 unspecified atom stereocenters. The molecular weight excluding hydrogens is 354 g/mol. The van der Waals surface area contributed by atoms with Crippen molar-refractivity contribution in [3.05, 3.63) is 63.7 Å². The minimum Gasteiger partial charge on any atom is -0.382 e. The van der Waals surface area contributed by atoms with Crippen LogP contribution in [0, 0.1) is 17.0 Å². The molecule has 2 aromatic rings. The van der Waals surface area contributed by atoms with Gasteiger partial charge in [0.1, 0.15) is 0 Å². The number of nitro benzene ring substituents is 1. The summed E-state index contributed by atoms with van der Waals surface area (Å²) in [6.07, 6.45) is 1.04. The summed E-state index contributed by atoms with van der Waals surface area (Å²) in [4.78, 5) is 12.3. The first-order valence-electron chi connectivity index (χ1n) is 8.05. The Morgan fingerprint density at radius 2 is 1.77 bits per heavy atom. The van der Waals surface area contributed by atoms with Gasteiger partial charge in [0.15, 0.2) is 9.84 Å². The lowest BCUT2D eigenvalue weighted by Crippen LogP contribution is -2.27. The van der Waals surface area contributed by atoms with Crippen LogP contribution in [-0.4, -0.2) is 45.1 Å². The average molecular weight is 377 g/mol. The molecule has 0 aliphatic carbocycles. The maximum Gasteiger partial charge on any atom is 0.270 e. The normalized spacial score (nSPS) is 12.8. The minimum absolute atomic E-state index is 0.0122. The SMILES string of the molecule is Cc1ccc(C(CNc2ccc([N+](=O)[O-])cc2S(C)(=O)=O)N(C)C)cc1. The van der Waals surface area contributed by atoms with Crippen LogP contribution in [0.3, 0.4) is 0 Å². The zero-order chi connectivity index (χ0) is 19.5. The molecule has 0 bridgehead atoms. The van der Waals surface area contributed by atoms with Crippen LogP contribution < -0.4 is 5.32 Å². The highest BCUT2D eigenvalue weighted by Crippen LogP contribution is 2.28. The van der Waals surface area contributed by atoms with Crippen LogP contribution in [0.25, 0.3) is 0 Å². The molecule has 0 spiro atoms. The van der Waals surface area contributed by atoms with Crippen LogP contribution >= 0.6 is 0 Å². The van der Waals surface area contributed by atoms with Gasteiger partial charge in [-0.25, -0.2) is 8.42 Å². The number of rotatable bonds is 7. The Hall–Kier alpha value is -2.45. The zero-order valence-corrected chi connectivity index (χ0v) is 16.1. The second-order valence-corrected chi connectivity index (χ2v) is 8.46. The number of nitrogens with one attached hydrogen (secondary N) is 1. The number of nitrogens with zero attached hydrogens (tertiary/aromatic N) is 2. The molecule has 2 rings (SSSR count). The number of hydrogen-bond acceptors (Lipinski definition) is 6. The Morgan fingerprint density at radius 3 is 2.27 bits per heavy atom. The molecule has 0 fully saturated rings. The first kappa shape index (κ1) is 19.9. The van der Waals surface area contributed by atoms with E-state index in [1.54, 1.807) is 0 Å². The monoisotopic (exact) mass is 377 g/mol. The van der Waals surface area contributed by atoms with Crippen molar-refractivity contribution in [2.75, 3.05) is 32.2 Å². The van der Waals surface area contributed by atoms with Crippen LogP contribution in [0.15, 0.2) is 47.4 Å². The van der Waals surface area contributed by atoms with Gasteiger partial charge in [-0.05, 0) is 32.6 Å². The van der Waals surface area contributed by atoms with Gasteiger partial charge in [0.2, 0.25) is 0 Å².